The van der Waals surface area contributed by atoms with E-state index >= 15 is 0 Å². The zero-order valence-corrected chi connectivity index (χ0v) is 32.5. The Bertz CT molecular complexity index is 901. The van der Waals surface area contributed by atoms with Crippen molar-refractivity contribution < 1.29 is 28.6 Å². The maximum atomic E-state index is 13.4. The predicted octanol–water partition coefficient (Wildman–Crippen LogP) is 11.0. The molecular weight excluding hydrogens is 578 g/mol. The van der Waals surface area contributed by atoms with Crippen LogP contribution in [0.3, 0.4) is 0 Å². The summed E-state index contributed by atoms with van der Waals surface area (Å²) in [5, 5.41) is 2.76. The van der Waals surface area contributed by atoms with E-state index in [0.29, 0.717) is 25.2 Å². The Morgan fingerprint density at radius 2 is 1.35 bits per heavy atom. The molecule has 0 saturated carbocycles. The summed E-state index contributed by atoms with van der Waals surface area (Å²) in [6.45, 7) is 27.8. The normalized spacial score (nSPS) is 16.8. The van der Waals surface area contributed by atoms with Gasteiger partial charge in [-0.25, -0.2) is 4.79 Å². The minimum absolute atomic E-state index is 0.0125. The first kappa shape index (κ1) is 44.2. The van der Waals surface area contributed by atoms with Gasteiger partial charge in [0.15, 0.2) is 0 Å². The van der Waals surface area contributed by atoms with Crippen LogP contribution in [0, 0.1) is 22.2 Å². The highest BCUT2D eigenvalue weighted by Gasteiger charge is 2.49. The van der Waals surface area contributed by atoms with E-state index in [-0.39, 0.29) is 35.9 Å². The molecule has 0 radical (unpaired) electrons. The van der Waals surface area contributed by atoms with Crippen LogP contribution in [0.2, 0.25) is 0 Å². The van der Waals surface area contributed by atoms with Gasteiger partial charge in [-0.1, -0.05) is 108 Å². The number of nitrogens with one attached hydrogen (secondary N) is 1. The van der Waals surface area contributed by atoms with E-state index in [1.807, 2.05) is 20.8 Å². The first-order chi connectivity index (χ1) is 21.3. The number of esters is 2. The van der Waals surface area contributed by atoms with Gasteiger partial charge in [-0.05, 0) is 88.9 Å². The van der Waals surface area contributed by atoms with Crippen molar-refractivity contribution in [3.05, 3.63) is 0 Å². The molecule has 0 spiro atoms. The lowest BCUT2D eigenvalue weighted by Gasteiger charge is -2.45. The highest BCUT2D eigenvalue weighted by molar-refractivity contribution is 5.77. The van der Waals surface area contributed by atoms with Gasteiger partial charge in [0.25, 0.3) is 0 Å². The minimum Gasteiger partial charge on any atom is -0.463 e. The van der Waals surface area contributed by atoms with Gasteiger partial charge in [0.2, 0.25) is 0 Å². The van der Waals surface area contributed by atoms with Gasteiger partial charge in [0.05, 0.1) is 12.0 Å². The zero-order chi connectivity index (χ0) is 35.7. The maximum Gasteiger partial charge on any atom is 0.407 e. The minimum atomic E-state index is -0.638. The van der Waals surface area contributed by atoms with Crippen LogP contribution >= 0.6 is 0 Å². The van der Waals surface area contributed by atoms with Crippen LogP contribution in [0.5, 0.6) is 0 Å². The molecule has 0 bridgehead atoms. The van der Waals surface area contributed by atoms with Crippen LogP contribution in [-0.2, 0) is 23.8 Å². The number of amides is 1. The average Bonchev–Trinajstić information content (AvgIpc) is 3.00. The maximum absolute atomic E-state index is 13.4. The smallest absolute Gasteiger partial charge is 0.407 e. The summed E-state index contributed by atoms with van der Waals surface area (Å²) in [6, 6.07) is 0. The summed E-state index contributed by atoms with van der Waals surface area (Å²) < 4.78 is 17.6. The van der Waals surface area contributed by atoms with Crippen molar-refractivity contribution in [3.8, 4) is 0 Å². The van der Waals surface area contributed by atoms with Crippen molar-refractivity contribution in [1.29, 1.82) is 0 Å². The third-order valence-corrected chi connectivity index (χ3v) is 11.3. The van der Waals surface area contributed by atoms with Gasteiger partial charge in [-0.3, -0.25) is 9.59 Å². The summed E-state index contributed by atoms with van der Waals surface area (Å²) in [4.78, 5) is 38.7. The fourth-order valence-corrected chi connectivity index (χ4v) is 6.16. The van der Waals surface area contributed by atoms with E-state index in [1.165, 1.54) is 19.3 Å². The van der Waals surface area contributed by atoms with Crippen molar-refractivity contribution >= 4 is 18.0 Å². The van der Waals surface area contributed by atoms with E-state index < -0.39 is 22.7 Å². The number of alkyl carbamates (subject to hydrolysis) is 1. The van der Waals surface area contributed by atoms with Gasteiger partial charge >= 0.3 is 18.0 Å². The standard InChI is InChI=1S/C39H75NO6/c1-14-20-24-31(15-2)29-38(12,19-6)45-32(41)25-22-21-23-26-37(11,18-5)46-34(43)40-27-28-44-33(42)39(13,36(9,10)17-4)30-35(7,8)16-3/h31H,14-30H2,1-13H3,(H,40,43). The van der Waals surface area contributed by atoms with Crippen LogP contribution in [-0.4, -0.2) is 42.4 Å². The molecule has 4 atom stereocenters. The van der Waals surface area contributed by atoms with Crippen LogP contribution in [0.4, 0.5) is 4.79 Å². The van der Waals surface area contributed by atoms with E-state index in [2.05, 4.69) is 74.6 Å². The largest absolute Gasteiger partial charge is 0.463 e. The Hall–Kier alpha value is -1.79. The second kappa shape index (κ2) is 20.5. The number of unbranched alkanes of at least 4 members (excludes halogenated alkanes) is 3. The molecule has 0 aromatic rings. The molecular formula is C39H75NO6. The molecule has 46 heavy (non-hydrogen) atoms. The third-order valence-electron chi connectivity index (χ3n) is 11.3. The van der Waals surface area contributed by atoms with Gasteiger partial charge < -0.3 is 19.5 Å². The first-order valence-electron chi connectivity index (χ1n) is 18.7. The third kappa shape index (κ3) is 15.4. The Labute approximate surface area is 284 Å². The van der Waals surface area contributed by atoms with Gasteiger partial charge in [-0.15, -0.1) is 0 Å². The lowest BCUT2D eigenvalue weighted by molar-refractivity contribution is -0.166. The van der Waals surface area contributed by atoms with Gasteiger partial charge in [-0.2, -0.15) is 0 Å². The van der Waals surface area contributed by atoms with Gasteiger partial charge in [0, 0.05) is 6.42 Å². The molecule has 7 nitrogen and oxygen atoms in total. The first-order valence-corrected chi connectivity index (χ1v) is 18.7. The molecule has 0 aliphatic heterocycles. The lowest BCUT2D eigenvalue weighted by atomic mass is 9.58. The number of ether oxygens (including phenoxy) is 3. The van der Waals surface area contributed by atoms with Crippen molar-refractivity contribution in [2.75, 3.05) is 13.2 Å². The Morgan fingerprint density at radius 1 is 0.717 bits per heavy atom. The topological polar surface area (TPSA) is 90.9 Å². The molecule has 7 heteroatoms. The second-order valence-corrected chi connectivity index (χ2v) is 16.0. The molecule has 0 heterocycles. The SMILES string of the molecule is CCCCC(CC)CC(C)(CC)OC(=O)CCCCCC(C)(CC)OC(=O)NCCOC(=O)C(C)(CC(C)(C)CC)C(C)(C)CC. The molecule has 272 valence electrons. The number of hydrogen-bond acceptors (Lipinski definition) is 6. The quantitative estimate of drug-likeness (QED) is 0.0599. The van der Waals surface area contributed by atoms with Gasteiger partial charge in [0.1, 0.15) is 17.8 Å². The summed E-state index contributed by atoms with van der Waals surface area (Å²) in [5.74, 6) is 0.264. The van der Waals surface area contributed by atoms with Crippen LogP contribution in [0.25, 0.3) is 0 Å². The molecule has 0 aliphatic carbocycles. The van der Waals surface area contributed by atoms with Crippen LogP contribution in [0.15, 0.2) is 0 Å². The van der Waals surface area contributed by atoms with Crippen molar-refractivity contribution in [1.82, 2.24) is 5.32 Å². The van der Waals surface area contributed by atoms with Crippen molar-refractivity contribution in [3.63, 3.8) is 0 Å². The molecule has 1 amide bonds. The monoisotopic (exact) mass is 654 g/mol. The number of carbonyl (C=O) groups excluding carboxylic acids is 3. The van der Waals surface area contributed by atoms with E-state index in [0.717, 1.165) is 57.8 Å². The molecule has 0 aromatic carbocycles. The molecule has 0 aliphatic rings. The highest BCUT2D eigenvalue weighted by atomic mass is 16.6. The summed E-state index contributed by atoms with van der Waals surface area (Å²) >= 11 is 0. The summed E-state index contributed by atoms with van der Waals surface area (Å²) in [5.41, 5.74) is -1.86. The lowest BCUT2D eigenvalue weighted by Crippen LogP contribution is -2.46. The van der Waals surface area contributed by atoms with E-state index in [4.69, 9.17) is 14.2 Å². The van der Waals surface area contributed by atoms with Crippen molar-refractivity contribution in [2.24, 2.45) is 22.2 Å². The molecule has 1 N–H and O–H groups in total. The highest BCUT2D eigenvalue weighted by Crippen LogP contribution is 2.50. The number of hydrogen-bond donors (Lipinski definition) is 1. The summed E-state index contributed by atoms with van der Waals surface area (Å²) in [7, 11) is 0. The predicted molar refractivity (Wildman–Crippen MR) is 191 cm³/mol. The Kier molecular flexibility index (Phi) is 19.7. The molecule has 0 rings (SSSR count). The summed E-state index contributed by atoms with van der Waals surface area (Å²) in [6.07, 6.45) is 12.8. The fraction of sp³-hybridized carbons (Fsp3) is 0.923. The Balaban J connectivity index is 4.72. The molecule has 0 aromatic heterocycles. The molecule has 0 saturated heterocycles. The second-order valence-electron chi connectivity index (χ2n) is 16.0. The van der Waals surface area contributed by atoms with E-state index in [9.17, 15) is 14.4 Å². The molecule has 0 fully saturated rings. The zero-order valence-electron chi connectivity index (χ0n) is 32.5. The fourth-order valence-electron chi connectivity index (χ4n) is 6.16. The number of carbonyl (C=O) groups is 3. The van der Waals surface area contributed by atoms with Crippen LogP contribution < -0.4 is 5.32 Å². The molecule has 4 unspecified atom stereocenters. The van der Waals surface area contributed by atoms with Crippen LogP contribution in [0.1, 0.15) is 186 Å². The van der Waals surface area contributed by atoms with Crippen molar-refractivity contribution in [2.45, 2.75) is 198 Å². The number of rotatable bonds is 25. The Morgan fingerprint density at radius 3 is 1.87 bits per heavy atom. The average molecular weight is 654 g/mol. The van der Waals surface area contributed by atoms with E-state index in [1.54, 1.807) is 0 Å².